The highest BCUT2D eigenvalue weighted by Crippen LogP contribution is 2.37. The molecule has 1 fully saturated rings. The van der Waals surface area contributed by atoms with Crippen molar-refractivity contribution in [2.24, 2.45) is 0 Å². The summed E-state index contributed by atoms with van der Waals surface area (Å²) >= 11 is 0. The van der Waals surface area contributed by atoms with Crippen LogP contribution in [0.2, 0.25) is 0 Å². The van der Waals surface area contributed by atoms with Crippen molar-refractivity contribution in [3.8, 4) is 23.1 Å². The van der Waals surface area contributed by atoms with E-state index in [0.717, 1.165) is 47.7 Å². The van der Waals surface area contributed by atoms with E-state index >= 15 is 0 Å². The van der Waals surface area contributed by atoms with Gasteiger partial charge in [-0.2, -0.15) is 5.26 Å². The van der Waals surface area contributed by atoms with Crippen molar-refractivity contribution in [2.45, 2.75) is 38.7 Å². The number of hydrogen-bond donors (Lipinski definition) is 1. The molecule has 0 amide bonds. The number of anilines is 2. The van der Waals surface area contributed by atoms with E-state index in [-0.39, 0.29) is 17.2 Å². The highest BCUT2D eigenvalue weighted by atomic mass is 32.2. The van der Waals surface area contributed by atoms with E-state index in [1.807, 2.05) is 18.2 Å². The molecule has 3 heterocycles. The molecule has 1 atom stereocenters. The standard InChI is InChI=1S/C26H31N5O4S/c1-5-6-9-26(2)17-31(10-11-35-26)24-20(14-27)16-28-22-8-7-18(12-21(22)24)19-13-23(30-36(4,32)33)25(34-3)29-15-19/h7-8,12-13,15-16,30H,5-6,9-11,17H2,1-4H3. The second kappa shape index (κ2) is 10.3. The maximum absolute atomic E-state index is 11.9. The molecular formula is C26H31N5O4S. The minimum Gasteiger partial charge on any atom is -0.480 e. The lowest BCUT2D eigenvalue weighted by atomic mass is 9.95. The number of nitriles is 1. The van der Waals surface area contributed by atoms with Crippen LogP contribution < -0.4 is 14.4 Å². The number of unbranched alkanes of at least 4 members (excludes halogenated alkanes) is 1. The normalized spacial score (nSPS) is 18.1. The van der Waals surface area contributed by atoms with Crippen LogP contribution in [0.25, 0.3) is 22.0 Å². The van der Waals surface area contributed by atoms with Gasteiger partial charge in [-0.1, -0.05) is 25.8 Å². The molecule has 1 aliphatic heterocycles. The fraction of sp³-hybridized carbons (Fsp3) is 0.423. The molecule has 1 saturated heterocycles. The summed E-state index contributed by atoms with van der Waals surface area (Å²) in [6, 6.07) is 9.79. The van der Waals surface area contributed by atoms with E-state index in [9.17, 15) is 13.7 Å². The van der Waals surface area contributed by atoms with Gasteiger partial charge in [-0.3, -0.25) is 9.71 Å². The summed E-state index contributed by atoms with van der Waals surface area (Å²) in [6.45, 7) is 6.23. The van der Waals surface area contributed by atoms with E-state index in [1.165, 1.54) is 7.11 Å². The lowest BCUT2D eigenvalue weighted by molar-refractivity contribution is -0.0484. The van der Waals surface area contributed by atoms with Crippen LogP contribution in [0.1, 0.15) is 38.7 Å². The number of pyridine rings is 2. The SMILES string of the molecule is CCCCC1(C)CN(c2c(C#N)cnc3ccc(-c4cnc(OC)c(NS(C)(=O)=O)c4)cc23)CCO1. The third-order valence-corrected chi connectivity index (χ3v) is 6.94. The number of ether oxygens (including phenoxy) is 2. The summed E-state index contributed by atoms with van der Waals surface area (Å²) < 4.78 is 37.5. The van der Waals surface area contributed by atoms with Crippen LogP contribution in [0.5, 0.6) is 5.88 Å². The zero-order chi connectivity index (χ0) is 25.9. The van der Waals surface area contributed by atoms with Crippen molar-refractivity contribution in [1.29, 1.82) is 5.26 Å². The summed E-state index contributed by atoms with van der Waals surface area (Å²) in [7, 11) is -2.09. The molecule has 0 bridgehead atoms. The van der Waals surface area contributed by atoms with Crippen LogP contribution in [0, 0.1) is 11.3 Å². The summed E-state index contributed by atoms with van der Waals surface area (Å²) in [5, 5.41) is 10.8. The average Bonchev–Trinajstić information content (AvgIpc) is 2.85. The van der Waals surface area contributed by atoms with Gasteiger partial charge in [0.05, 0.1) is 42.3 Å². The number of hydrogen-bond acceptors (Lipinski definition) is 8. The van der Waals surface area contributed by atoms with E-state index in [1.54, 1.807) is 18.5 Å². The molecule has 1 aromatic carbocycles. The molecule has 0 saturated carbocycles. The van der Waals surface area contributed by atoms with Crippen LogP contribution >= 0.6 is 0 Å². The van der Waals surface area contributed by atoms with Gasteiger partial charge < -0.3 is 14.4 Å². The first-order valence-electron chi connectivity index (χ1n) is 11.9. The number of methoxy groups -OCH3 is 1. The molecule has 1 unspecified atom stereocenters. The Labute approximate surface area is 212 Å². The Hall–Kier alpha value is -3.42. The number of nitrogens with one attached hydrogen (secondary N) is 1. The molecule has 1 aliphatic rings. The number of morpholine rings is 1. The zero-order valence-electron chi connectivity index (χ0n) is 21.0. The molecule has 9 nitrogen and oxygen atoms in total. The lowest BCUT2D eigenvalue weighted by Crippen LogP contribution is -2.50. The van der Waals surface area contributed by atoms with Gasteiger partial charge in [0.1, 0.15) is 11.8 Å². The second-order valence-corrected chi connectivity index (χ2v) is 11.1. The number of sulfonamides is 1. The van der Waals surface area contributed by atoms with Gasteiger partial charge >= 0.3 is 0 Å². The molecule has 0 spiro atoms. The largest absolute Gasteiger partial charge is 0.480 e. The molecule has 10 heteroatoms. The summed E-state index contributed by atoms with van der Waals surface area (Å²) in [6.07, 6.45) is 7.45. The minimum atomic E-state index is -3.53. The highest BCUT2D eigenvalue weighted by Gasteiger charge is 2.33. The predicted octanol–water partition coefficient (Wildman–Crippen LogP) is 4.33. The Balaban J connectivity index is 1.81. The Morgan fingerprint density at radius 1 is 1.25 bits per heavy atom. The van der Waals surface area contributed by atoms with Crippen molar-refractivity contribution >= 4 is 32.3 Å². The maximum Gasteiger partial charge on any atom is 0.238 e. The number of aromatic nitrogens is 2. The molecular weight excluding hydrogens is 478 g/mol. The molecule has 0 radical (unpaired) electrons. The molecule has 0 aliphatic carbocycles. The molecule has 36 heavy (non-hydrogen) atoms. The summed E-state index contributed by atoms with van der Waals surface area (Å²) in [5.41, 5.74) is 3.59. The average molecular weight is 510 g/mol. The number of rotatable bonds is 8. The summed E-state index contributed by atoms with van der Waals surface area (Å²) in [4.78, 5) is 11.0. The quantitative estimate of drug-likeness (QED) is 0.477. The Kier molecular flexibility index (Phi) is 7.33. The number of fused-ring (bicyclic) bond motifs is 1. The van der Waals surface area contributed by atoms with Gasteiger partial charge in [0.25, 0.3) is 0 Å². The number of nitrogens with zero attached hydrogens (tertiary/aromatic N) is 4. The van der Waals surface area contributed by atoms with E-state index < -0.39 is 10.0 Å². The van der Waals surface area contributed by atoms with Gasteiger partial charge in [-0.25, -0.2) is 13.4 Å². The van der Waals surface area contributed by atoms with Crippen LogP contribution in [0.3, 0.4) is 0 Å². The van der Waals surface area contributed by atoms with Crippen LogP contribution in [0.15, 0.2) is 36.7 Å². The van der Waals surface area contributed by atoms with Crippen molar-refractivity contribution < 1.29 is 17.9 Å². The molecule has 190 valence electrons. The topological polar surface area (TPSA) is 117 Å². The fourth-order valence-corrected chi connectivity index (χ4v) is 5.20. The van der Waals surface area contributed by atoms with Crippen LogP contribution in [-0.4, -0.2) is 57.0 Å². The fourth-order valence-electron chi connectivity index (χ4n) is 4.65. The lowest BCUT2D eigenvalue weighted by Gasteiger charge is -2.42. The smallest absolute Gasteiger partial charge is 0.238 e. The van der Waals surface area contributed by atoms with Gasteiger partial charge in [0, 0.05) is 36.4 Å². The Bertz CT molecular complexity index is 1420. The minimum absolute atomic E-state index is 0.179. The maximum atomic E-state index is 11.9. The van der Waals surface area contributed by atoms with Gasteiger partial charge in [-0.15, -0.1) is 0 Å². The molecule has 4 rings (SSSR count). The Morgan fingerprint density at radius 3 is 2.75 bits per heavy atom. The van der Waals surface area contributed by atoms with Crippen molar-refractivity contribution in [2.75, 3.05) is 42.7 Å². The van der Waals surface area contributed by atoms with E-state index in [4.69, 9.17) is 9.47 Å². The van der Waals surface area contributed by atoms with Crippen molar-refractivity contribution in [3.05, 3.63) is 42.2 Å². The monoisotopic (exact) mass is 509 g/mol. The third kappa shape index (κ3) is 5.53. The summed E-state index contributed by atoms with van der Waals surface area (Å²) in [5.74, 6) is 0.179. The third-order valence-electron chi connectivity index (χ3n) is 6.35. The van der Waals surface area contributed by atoms with Gasteiger partial charge in [0.15, 0.2) is 0 Å². The first-order chi connectivity index (χ1) is 17.2. The predicted molar refractivity (Wildman–Crippen MR) is 141 cm³/mol. The van der Waals surface area contributed by atoms with Crippen LogP contribution in [-0.2, 0) is 14.8 Å². The zero-order valence-corrected chi connectivity index (χ0v) is 21.9. The van der Waals surface area contributed by atoms with Gasteiger partial charge in [0.2, 0.25) is 15.9 Å². The molecule has 2 aromatic heterocycles. The van der Waals surface area contributed by atoms with Crippen molar-refractivity contribution in [3.63, 3.8) is 0 Å². The molecule has 3 aromatic rings. The first-order valence-corrected chi connectivity index (χ1v) is 13.8. The number of benzene rings is 1. The molecule has 1 N–H and O–H groups in total. The van der Waals surface area contributed by atoms with Gasteiger partial charge in [-0.05, 0) is 37.1 Å². The van der Waals surface area contributed by atoms with E-state index in [0.29, 0.717) is 30.8 Å². The second-order valence-electron chi connectivity index (χ2n) is 9.34. The van der Waals surface area contributed by atoms with Crippen molar-refractivity contribution in [1.82, 2.24) is 9.97 Å². The first kappa shape index (κ1) is 25.7. The van der Waals surface area contributed by atoms with E-state index in [2.05, 4.69) is 39.5 Å². The Morgan fingerprint density at radius 2 is 2.06 bits per heavy atom. The van der Waals surface area contributed by atoms with Crippen LogP contribution in [0.4, 0.5) is 11.4 Å². The highest BCUT2D eigenvalue weighted by molar-refractivity contribution is 7.92.